The van der Waals surface area contributed by atoms with E-state index in [1.807, 2.05) is 0 Å². The standard InChI is InChI=1S/C32H50N2P2/c1-29(2,3)25-19-23(21-35(27-15-13-17-33-27)28-16-14-18-34-28)24(20-26(25)30(4,5)6)22-36(31(7,8)9)32(10,11)12/h13-20,33-34H,21-22H2,1-12H3. The molecule has 2 heterocycles. The number of nitrogens with one attached hydrogen (secondary N) is 2. The summed E-state index contributed by atoms with van der Waals surface area (Å²) in [7, 11) is -0.785. The third-order valence-corrected chi connectivity index (χ3v) is 13.2. The summed E-state index contributed by atoms with van der Waals surface area (Å²) in [5, 5.41) is 0.582. The number of H-pyrrole nitrogens is 2. The average Bonchev–Trinajstić information content (AvgIpc) is 3.41. The molecule has 0 amide bonds. The summed E-state index contributed by atoms with van der Waals surface area (Å²) in [6.07, 6.45) is 6.35. The van der Waals surface area contributed by atoms with Crippen LogP contribution in [0.1, 0.15) is 105 Å². The number of rotatable bonds is 6. The Balaban J connectivity index is 2.24. The molecule has 2 N–H and O–H groups in total. The lowest BCUT2D eigenvalue weighted by Crippen LogP contribution is -2.27. The van der Waals surface area contributed by atoms with Crippen LogP contribution in [0.15, 0.2) is 48.8 Å². The van der Waals surface area contributed by atoms with Crippen molar-refractivity contribution >= 4 is 26.7 Å². The van der Waals surface area contributed by atoms with Crippen LogP contribution in [0.3, 0.4) is 0 Å². The summed E-state index contributed by atoms with van der Waals surface area (Å²) in [5.41, 5.74) is 8.98. The Labute approximate surface area is 224 Å². The molecule has 2 aromatic heterocycles. The fraction of sp³-hybridized carbons (Fsp3) is 0.562. The van der Waals surface area contributed by atoms with Crippen LogP contribution in [0.4, 0.5) is 0 Å². The van der Waals surface area contributed by atoms with Crippen LogP contribution in [-0.4, -0.2) is 20.3 Å². The van der Waals surface area contributed by atoms with Crippen molar-refractivity contribution in [3.05, 3.63) is 71.0 Å². The minimum Gasteiger partial charge on any atom is -0.361 e. The molecule has 3 rings (SSSR count). The maximum absolute atomic E-state index is 3.55. The van der Waals surface area contributed by atoms with Gasteiger partial charge in [0.2, 0.25) is 0 Å². The summed E-state index contributed by atoms with van der Waals surface area (Å²) in [6, 6.07) is 14.0. The minimum absolute atomic E-state index is 0.0936. The highest BCUT2D eigenvalue weighted by Gasteiger charge is 2.36. The summed E-state index contributed by atoms with van der Waals surface area (Å²) >= 11 is 0. The highest BCUT2D eigenvalue weighted by atomic mass is 31.1. The molecular formula is C32H50N2P2. The summed E-state index contributed by atoms with van der Waals surface area (Å²) < 4.78 is 0. The molecule has 0 aliphatic rings. The van der Waals surface area contributed by atoms with Crippen LogP contribution in [0, 0.1) is 0 Å². The molecular weight excluding hydrogens is 474 g/mol. The molecule has 0 radical (unpaired) electrons. The molecule has 36 heavy (non-hydrogen) atoms. The highest BCUT2D eigenvalue weighted by molar-refractivity contribution is 7.71. The molecule has 3 aromatic rings. The van der Waals surface area contributed by atoms with Gasteiger partial charge < -0.3 is 9.97 Å². The van der Waals surface area contributed by atoms with Gasteiger partial charge in [-0.2, -0.15) is 0 Å². The lowest BCUT2D eigenvalue weighted by molar-refractivity contribution is 0.529. The van der Waals surface area contributed by atoms with Gasteiger partial charge in [-0.15, -0.1) is 0 Å². The van der Waals surface area contributed by atoms with Crippen molar-refractivity contribution in [2.75, 3.05) is 0 Å². The van der Waals surface area contributed by atoms with Crippen molar-refractivity contribution in [3.63, 3.8) is 0 Å². The van der Waals surface area contributed by atoms with E-state index in [-0.39, 0.29) is 18.8 Å². The second kappa shape index (κ2) is 10.4. The van der Waals surface area contributed by atoms with Crippen molar-refractivity contribution in [3.8, 4) is 0 Å². The van der Waals surface area contributed by atoms with Crippen molar-refractivity contribution in [2.45, 2.75) is 117 Å². The van der Waals surface area contributed by atoms with Gasteiger partial charge in [-0.05, 0) is 81.7 Å². The summed E-state index contributed by atoms with van der Waals surface area (Å²) in [6.45, 7) is 28.9. The van der Waals surface area contributed by atoms with Gasteiger partial charge in [-0.25, -0.2) is 0 Å². The fourth-order valence-corrected chi connectivity index (χ4v) is 11.1. The van der Waals surface area contributed by atoms with Crippen molar-refractivity contribution in [1.29, 1.82) is 0 Å². The molecule has 0 bridgehead atoms. The maximum atomic E-state index is 3.55. The Bertz CT molecular complexity index is 1070. The first-order chi connectivity index (χ1) is 16.4. The van der Waals surface area contributed by atoms with E-state index in [1.165, 1.54) is 33.7 Å². The van der Waals surface area contributed by atoms with Crippen molar-refractivity contribution in [1.82, 2.24) is 9.97 Å². The van der Waals surface area contributed by atoms with Gasteiger partial charge in [0.1, 0.15) is 0 Å². The van der Waals surface area contributed by atoms with Crippen LogP contribution < -0.4 is 10.9 Å². The molecule has 0 spiro atoms. The SMILES string of the molecule is CC(C)(C)c1cc(CP(c2ccc[nH]2)c2ccc[nH]2)c(CP(C(C)(C)C)C(C)(C)C)cc1C(C)(C)C. The first-order valence-electron chi connectivity index (χ1n) is 13.4. The van der Waals surface area contributed by atoms with Gasteiger partial charge in [-0.1, -0.05) is 103 Å². The molecule has 0 aliphatic carbocycles. The summed E-state index contributed by atoms with van der Waals surface area (Å²) in [4.78, 5) is 7.10. The lowest BCUT2D eigenvalue weighted by atomic mass is 9.74. The molecule has 0 fully saturated rings. The van der Waals surface area contributed by atoms with Crippen LogP contribution in [0.2, 0.25) is 0 Å². The molecule has 0 atom stereocenters. The van der Waals surface area contributed by atoms with Gasteiger partial charge in [0.25, 0.3) is 0 Å². The minimum atomic E-state index is -0.540. The molecule has 0 saturated carbocycles. The Morgan fingerprint density at radius 1 is 0.583 bits per heavy atom. The summed E-state index contributed by atoms with van der Waals surface area (Å²) in [5.74, 6) is 0. The third-order valence-electron chi connectivity index (χ3n) is 6.98. The molecule has 1 aromatic carbocycles. The first-order valence-corrected chi connectivity index (χ1v) is 16.4. The lowest BCUT2D eigenvalue weighted by Gasteiger charge is -2.42. The van der Waals surface area contributed by atoms with Crippen molar-refractivity contribution in [2.24, 2.45) is 0 Å². The van der Waals surface area contributed by atoms with Gasteiger partial charge >= 0.3 is 0 Å². The van der Waals surface area contributed by atoms with E-state index in [2.05, 4.69) is 142 Å². The zero-order valence-electron chi connectivity index (χ0n) is 24.9. The monoisotopic (exact) mass is 524 g/mol. The Hall–Kier alpha value is -1.36. The van der Waals surface area contributed by atoms with Gasteiger partial charge in [0.15, 0.2) is 0 Å². The number of aromatic nitrogens is 2. The van der Waals surface area contributed by atoms with E-state index in [4.69, 9.17) is 0 Å². The van der Waals surface area contributed by atoms with Gasteiger partial charge in [-0.3, -0.25) is 0 Å². The molecule has 0 saturated heterocycles. The molecule has 198 valence electrons. The Morgan fingerprint density at radius 3 is 1.28 bits per heavy atom. The van der Waals surface area contributed by atoms with E-state index in [1.54, 1.807) is 5.56 Å². The van der Waals surface area contributed by atoms with E-state index in [9.17, 15) is 0 Å². The normalized spacial score (nSPS) is 13.7. The first kappa shape index (κ1) is 29.2. The predicted molar refractivity (Wildman–Crippen MR) is 165 cm³/mol. The van der Waals surface area contributed by atoms with Crippen LogP contribution in [0.25, 0.3) is 0 Å². The van der Waals surface area contributed by atoms with E-state index in [0.717, 1.165) is 6.16 Å². The number of hydrogen-bond acceptors (Lipinski definition) is 0. The number of hydrogen-bond donors (Lipinski definition) is 2. The molecule has 0 aliphatic heterocycles. The zero-order valence-corrected chi connectivity index (χ0v) is 26.7. The van der Waals surface area contributed by atoms with E-state index in [0.29, 0.717) is 10.3 Å². The molecule has 2 nitrogen and oxygen atoms in total. The van der Waals surface area contributed by atoms with E-state index < -0.39 is 7.92 Å². The quantitative estimate of drug-likeness (QED) is 0.301. The second-order valence-corrected chi connectivity index (χ2v) is 20.3. The number of benzene rings is 1. The van der Waals surface area contributed by atoms with E-state index >= 15 is 0 Å². The third kappa shape index (κ3) is 6.94. The Morgan fingerprint density at radius 2 is 0.972 bits per heavy atom. The second-order valence-electron chi connectivity index (χ2n) is 14.3. The van der Waals surface area contributed by atoms with Crippen LogP contribution in [0.5, 0.6) is 0 Å². The number of aromatic amines is 2. The van der Waals surface area contributed by atoms with Crippen molar-refractivity contribution < 1.29 is 0 Å². The van der Waals surface area contributed by atoms with Gasteiger partial charge in [0, 0.05) is 29.4 Å². The smallest absolute Gasteiger partial charge is 0.0448 e. The average molecular weight is 525 g/mol. The van der Waals surface area contributed by atoms with Crippen LogP contribution in [-0.2, 0) is 23.2 Å². The topological polar surface area (TPSA) is 31.6 Å². The maximum Gasteiger partial charge on any atom is 0.0448 e. The van der Waals surface area contributed by atoms with Gasteiger partial charge in [0.05, 0.1) is 0 Å². The fourth-order valence-electron chi connectivity index (χ4n) is 5.32. The molecule has 4 heteroatoms. The Kier molecular flexibility index (Phi) is 8.45. The molecule has 0 unspecified atom stereocenters. The van der Waals surface area contributed by atoms with Crippen LogP contribution >= 0.6 is 15.8 Å². The predicted octanol–water partition coefficient (Wildman–Crippen LogP) is 9.15. The highest BCUT2D eigenvalue weighted by Crippen LogP contribution is 2.62. The zero-order chi connectivity index (χ0) is 27.1. The largest absolute Gasteiger partial charge is 0.361 e.